The second-order valence-corrected chi connectivity index (χ2v) is 11.1. The number of hydrogen-bond donors (Lipinski definition) is 1. The maximum atomic E-state index is 13.6. The molecule has 4 rings (SSSR count). The molecule has 2 aromatic rings. The van der Waals surface area contributed by atoms with E-state index < -0.39 is 17.7 Å². The normalized spacial score (nSPS) is 18.7. The van der Waals surface area contributed by atoms with Crippen LogP contribution >= 0.6 is 0 Å². The van der Waals surface area contributed by atoms with Gasteiger partial charge in [0.05, 0.1) is 45.2 Å². The molecule has 2 fully saturated rings. The smallest absolute Gasteiger partial charge is 0.295 e. The largest absolute Gasteiger partial charge is 0.507 e. The lowest BCUT2D eigenvalue weighted by atomic mass is 9.94. The molecule has 0 saturated carbocycles. The van der Waals surface area contributed by atoms with Crippen molar-refractivity contribution in [1.82, 2.24) is 9.80 Å². The standard InChI is InChI=1S/C34H46N2O7/c1-5-7-8-19-43-28-13-10-25(23-29(28)40-4)31-30(32(37)26-11-12-27(24(3)22-26)42-18-6-2)33(38)34(39)36(31)15-9-14-35-16-20-41-21-17-35/h10-13,22-23,31,37H,5-9,14-21H2,1-4H3/b32-30+. The molecule has 0 aromatic heterocycles. The van der Waals surface area contributed by atoms with Crippen LogP contribution in [0.25, 0.3) is 5.76 Å². The molecule has 0 radical (unpaired) electrons. The molecule has 1 amide bonds. The Hall–Kier alpha value is -3.56. The number of Topliss-reactive ketones (excluding diaryl/α,β-unsaturated/α-hetero) is 1. The molecule has 9 heteroatoms. The molecular formula is C34H46N2O7. The van der Waals surface area contributed by atoms with Crippen LogP contribution in [0.15, 0.2) is 42.0 Å². The number of benzene rings is 2. The number of ether oxygens (including phenoxy) is 4. The summed E-state index contributed by atoms with van der Waals surface area (Å²) in [6, 6.07) is 10.0. The molecule has 2 aliphatic heterocycles. The zero-order chi connectivity index (χ0) is 30.8. The van der Waals surface area contributed by atoms with Gasteiger partial charge in [0.25, 0.3) is 11.7 Å². The molecule has 234 valence electrons. The predicted molar refractivity (Wildman–Crippen MR) is 166 cm³/mol. The van der Waals surface area contributed by atoms with Crippen molar-refractivity contribution in [2.75, 3.05) is 59.7 Å². The summed E-state index contributed by atoms with van der Waals surface area (Å²) in [6.07, 6.45) is 4.67. The van der Waals surface area contributed by atoms with Crippen molar-refractivity contribution in [1.29, 1.82) is 0 Å². The average molecular weight is 595 g/mol. The van der Waals surface area contributed by atoms with Crippen LogP contribution in [0.4, 0.5) is 0 Å². The summed E-state index contributed by atoms with van der Waals surface area (Å²) in [7, 11) is 1.57. The minimum Gasteiger partial charge on any atom is -0.507 e. The maximum absolute atomic E-state index is 13.6. The van der Waals surface area contributed by atoms with Gasteiger partial charge < -0.3 is 29.0 Å². The highest BCUT2D eigenvalue weighted by molar-refractivity contribution is 6.46. The number of ketones is 1. The topological polar surface area (TPSA) is 97.8 Å². The number of carbonyl (C=O) groups is 2. The molecule has 2 saturated heterocycles. The van der Waals surface area contributed by atoms with Gasteiger partial charge in [-0.3, -0.25) is 14.5 Å². The van der Waals surface area contributed by atoms with Gasteiger partial charge in [-0.1, -0.05) is 32.8 Å². The van der Waals surface area contributed by atoms with Gasteiger partial charge in [0.15, 0.2) is 11.5 Å². The molecule has 2 aliphatic rings. The molecular weight excluding hydrogens is 548 g/mol. The number of likely N-dealkylation sites (tertiary alicyclic amines) is 1. The molecule has 1 N–H and O–H groups in total. The van der Waals surface area contributed by atoms with Gasteiger partial charge in [-0.25, -0.2) is 0 Å². The van der Waals surface area contributed by atoms with Crippen molar-refractivity contribution in [3.63, 3.8) is 0 Å². The van der Waals surface area contributed by atoms with Gasteiger partial charge >= 0.3 is 0 Å². The first kappa shape index (κ1) is 32.4. The second-order valence-electron chi connectivity index (χ2n) is 11.1. The van der Waals surface area contributed by atoms with Crippen LogP contribution in [0.1, 0.15) is 68.7 Å². The van der Waals surface area contributed by atoms with E-state index in [1.807, 2.05) is 26.0 Å². The van der Waals surface area contributed by atoms with Gasteiger partial charge in [-0.05, 0) is 67.6 Å². The minimum atomic E-state index is -0.774. The monoisotopic (exact) mass is 594 g/mol. The number of amides is 1. The van der Waals surface area contributed by atoms with E-state index in [9.17, 15) is 14.7 Å². The van der Waals surface area contributed by atoms with Crippen LogP contribution in [0.2, 0.25) is 0 Å². The highest BCUT2D eigenvalue weighted by Crippen LogP contribution is 2.42. The van der Waals surface area contributed by atoms with Gasteiger partial charge in [0, 0.05) is 31.7 Å². The third-order valence-corrected chi connectivity index (χ3v) is 7.94. The van der Waals surface area contributed by atoms with Crippen LogP contribution in [-0.4, -0.2) is 86.3 Å². The van der Waals surface area contributed by atoms with Crippen molar-refractivity contribution >= 4 is 17.4 Å². The number of nitrogens with zero attached hydrogens (tertiary/aromatic N) is 2. The quantitative estimate of drug-likeness (QED) is 0.125. The molecule has 1 unspecified atom stereocenters. The van der Waals surface area contributed by atoms with Crippen LogP contribution in [0.5, 0.6) is 17.2 Å². The fourth-order valence-electron chi connectivity index (χ4n) is 5.58. The van der Waals surface area contributed by atoms with E-state index in [1.165, 1.54) is 0 Å². The van der Waals surface area contributed by atoms with Gasteiger partial charge in [0.1, 0.15) is 11.5 Å². The van der Waals surface area contributed by atoms with Crippen LogP contribution < -0.4 is 14.2 Å². The zero-order valence-corrected chi connectivity index (χ0v) is 26.0. The Bertz CT molecular complexity index is 1290. The number of aliphatic hydroxyl groups excluding tert-OH is 1. The molecule has 43 heavy (non-hydrogen) atoms. The molecule has 1 atom stereocenters. The Labute approximate surface area is 255 Å². The Morgan fingerprint density at radius 1 is 0.907 bits per heavy atom. The van der Waals surface area contributed by atoms with Gasteiger partial charge in [-0.2, -0.15) is 0 Å². The van der Waals surface area contributed by atoms with E-state index in [4.69, 9.17) is 18.9 Å². The van der Waals surface area contributed by atoms with Gasteiger partial charge in [0.2, 0.25) is 0 Å². The van der Waals surface area contributed by atoms with E-state index in [2.05, 4.69) is 11.8 Å². The summed E-state index contributed by atoms with van der Waals surface area (Å²) in [5.41, 5.74) is 2.03. The molecule has 0 bridgehead atoms. The molecule has 2 aromatic carbocycles. The third kappa shape index (κ3) is 7.89. The van der Waals surface area contributed by atoms with Crippen LogP contribution in [-0.2, 0) is 14.3 Å². The average Bonchev–Trinajstić information content (AvgIpc) is 3.27. The highest BCUT2D eigenvalue weighted by atomic mass is 16.5. The van der Waals surface area contributed by atoms with Crippen LogP contribution in [0, 0.1) is 6.92 Å². The summed E-state index contributed by atoms with van der Waals surface area (Å²) < 4.78 is 22.9. The highest BCUT2D eigenvalue weighted by Gasteiger charge is 2.46. The van der Waals surface area contributed by atoms with Crippen molar-refractivity contribution in [2.24, 2.45) is 0 Å². The Kier molecular flexibility index (Phi) is 11.9. The third-order valence-electron chi connectivity index (χ3n) is 7.94. The maximum Gasteiger partial charge on any atom is 0.295 e. The number of morpholine rings is 1. The van der Waals surface area contributed by atoms with Crippen molar-refractivity contribution < 1.29 is 33.6 Å². The Morgan fingerprint density at radius 3 is 2.35 bits per heavy atom. The van der Waals surface area contributed by atoms with E-state index in [-0.39, 0.29) is 11.3 Å². The van der Waals surface area contributed by atoms with Crippen molar-refractivity contribution in [3.8, 4) is 17.2 Å². The lowest BCUT2D eigenvalue weighted by molar-refractivity contribution is -0.140. The lowest BCUT2D eigenvalue weighted by Gasteiger charge is -2.29. The molecule has 2 heterocycles. The fourth-order valence-corrected chi connectivity index (χ4v) is 5.58. The number of carbonyl (C=O) groups excluding carboxylic acids is 2. The number of aliphatic hydroxyl groups is 1. The van der Waals surface area contributed by atoms with E-state index in [0.717, 1.165) is 56.6 Å². The first-order valence-corrected chi connectivity index (χ1v) is 15.5. The first-order chi connectivity index (χ1) is 20.9. The molecule has 0 aliphatic carbocycles. The Balaban J connectivity index is 1.69. The van der Waals surface area contributed by atoms with Crippen LogP contribution in [0.3, 0.4) is 0 Å². The fraction of sp³-hybridized carbons (Fsp3) is 0.529. The molecule has 9 nitrogen and oxygen atoms in total. The predicted octanol–water partition coefficient (Wildman–Crippen LogP) is 5.51. The van der Waals surface area contributed by atoms with Crippen molar-refractivity contribution in [2.45, 2.75) is 58.9 Å². The summed E-state index contributed by atoms with van der Waals surface area (Å²) in [4.78, 5) is 31.0. The van der Waals surface area contributed by atoms with Gasteiger partial charge in [-0.15, -0.1) is 0 Å². The second kappa shape index (κ2) is 15.8. The summed E-state index contributed by atoms with van der Waals surface area (Å²) in [5, 5.41) is 11.6. The molecule has 0 spiro atoms. The first-order valence-electron chi connectivity index (χ1n) is 15.5. The van der Waals surface area contributed by atoms with E-state index in [1.54, 1.807) is 36.3 Å². The zero-order valence-electron chi connectivity index (χ0n) is 26.0. The minimum absolute atomic E-state index is 0.0664. The number of unbranched alkanes of at least 4 members (excludes halogenated alkanes) is 2. The van der Waals surface area contributed by atoms with E-state index in [0.29, 0.717) is 62.0 Å². The number of methoxy groups -OCH3 is 1. The Morgan fingerprint density at radius 2 is 1.65 bits per heavy atom. The van der Waals surface area contributed by atoms with Crippen molar-refractivity contribution in [3.05, 3.63) is 58.7 Å². The SMILES string of the molecule is CCCCCOc1ccc(C2/C(=C(\O)c3ccc(OCCC)c(C)c3)C(=O)C(=O)N2CCCN2CCOCC2)cc1OC. The summed E-state index contributed by atoms with van der Waals surface area (Å²) >= 11 is 0. The summed E-state index contributed by atoms with van der Waals surface area (Å²) in [5.74, 6) is 0.315. The summed E-state index contributed by atoms with van der Waals surface area (Å²) in [6.45, 7) is 11.5. The number of aryl methyl sites for hydroxylation is 1. The van der Waals surface area contributed by atoms with E-state index >= 15 is 0 Å². The number of rotatable bonds is 15. The number of hydrogen-bond acceptors (Lipinski definition) is 8. The lowest BCUT2D eigenvalue weighted by Crippen LogP contribution is -2.39.